The normalized spacial score (nSPS) is 11.8. The van der Waals surface area contributed by atoms with Gasteiger partial charge in [-0.2, -0.15) is 0 Å². The minimum Gasteiger partial charge on any atom is -0.362 e. The molecule has 2 N–H and O–H groups in total. The zero-order valence-corrected chi connectivity index (χ0v) is 14.6. The molecule has 0 heterocycles. The highest BCUT2D eigenvalue weighted by molar-refractivity contribution is 7.80. The molecule has 23 heavy (non-hydrogen) atoms. The van der Waals surface area contributed by atoms with Crippen LogP contribution in [0.4, 0.5) is 10.1 Å². The minimum atomic E-state index is -0.440. The van der Waals surface area contributed by atoms with Gasteiger partial charge in [-0.1, -0.05) is 55.3 Å². The van der Waals surface area contributed by atoms with E-state index in [1.807, 2.05) is 6.07 Å². The molecular formula is C18H20ClFN2S. The van der Waals surface area contributed by atoms with Crippen LogP contribution < -0.4 is 10.6 Å². The molecule has 0 aliphatic rings. The maximum atomic E-state index is 13.1. The summed E-state index contributed by atoms with van der Waals surface area (Å²) in [5.74, 6) is 0.0546. The van der Waals surface area contributed by atoms with E-state index in [2.05, 4.69) is 41.8 Å². The summed E-state index contributed by atoms with van der Waals surface area (Å²) >= 11 is 11.0. The lowest BCUT2D eigenvalue weighted by Gasteiger charge is -2.18. The summed E-state index contributed by atoms with van der Waals surface area (Å²) in [5.41, 5.74) is 2.00. The van der Waals surface area contributed by atoms with Crippen molar-refractivity contribution in [1.29, 1.82) is 0 Å². The molecule has 5 heteroatoms. The Morgan fingerprint density at radius 3 is 2.61 bits per heavy atom. The van der Waals surface area contributed by atoms with E-state index < -0.39 is 5.82 Å². The average Bonchev–Trinajstić information content (AvgIpc) is 2.56. The highest BCUT2D eigenvalue weighted by Gasteiger charge is 2.09. The maximum Gasteiger partial charge on any atom is 0.170 e. The molecule has 0 aliphatic heterocycles. The van der Waals surface area contributed by atoms with Crippen LogP contribution >= 0.6 is 23.8 Å². The van der Waals surface area contributed by atoms with E-state index in [0.717, 1.165) is 19.4 Å². The second-order valence-corrected chi connectivity index (χ2v) is 6.24. The van der Waals surface area contributed by atoms with E-state index >= 15 is 0 Å². The molecule has 0 fully saturated rings. The van der Waals surface area contributed by atoms with E-state index in [4.69, 9.17) is 23.8 Å². The summed E-state index contributed by atoms with van der Waals surface area (Å²) in [6, 6.07) is 14.9. The van der Waals surface area contributed by atoms with Crippen LogP contribution in [0.15, 0.2) is 48.5 Å². The topological polar surface area (TPSA) is 24.1 Å². The van der Waals surface area contributed by atoms with Gasteiger partial charge in [0.25, 0.3) is 0 Å². The highest BCUT2D eigenvalue weighted by Crippen LogP contribution is 2.19. The molecule has 0 saturated heterocycles. The van der Waals surface area contributed by atoms with Crippen molar-refractivity contribution >= 4 is 34.6 Å². The second-order valence-electron chi connectivity index (χ2n) is 5.43. The van der Waals surface area contributed by atoms with Gasteiger partial charge in [0.05, 0.1) is 5.02 Å². The van der Waals surface area contributed by atoms with E-state index in [-0.39, 0.29) is 5.02 Å². The quantitative estimate of drug-likeness (QED) is 0.714. The third-order valence-electron chi connectivity index (χ3n) is 3.67. The van der Waals surface area contributed by atoms with Crippen LogP contribution in [0.3, 0.4) is 0 Å². The fourth-order valence-electron chi connectivity index (χ4n) is 2.29. The number of nitrogens with one attached hydrogen (secondary N) is 2. The standard InChI is InChI=1S/C18H20ClFN2S/c1-2-13(10-14-6-4-3-5-7-14)12-21-18(23)22-15-8-9-17(20)16(19)11-15/h3-9,11,13H,2,10,12H2,1H3,(H2,21,22,23). The molecular weight excluding hydrogens is 331 g/mol. The molecule has 0 bridgehead atoms. The second kappa shape index (κ2) is 8.85. The number of benzene rings is 2. The first-order valence-electron chi connectivity index (χ1n) is 7.62. The van der Waals surface area contributed by atoms with Gasteiger partial charge in [0.1, 0.15) is 5.82 Å². The van der Waals surface area contributed by atoms with Gasteiger partial charge in [-0.15, -0.1) is 0 Å². The monoisotopic (exact) mass is 350 g/mol. The van der Waals surface area contributed by atoms with Gasteiger partial charge in [0.2, 0.25) is 0 Å². The van der Waals surface area contributed by atoms with E-state index in [1.165, 1.54) is 17.7 Å². The molecule has 0 aliphatic carbocycles. The molecule has 0 aromatic heterocycles. The van der Waals surface area contributed by atoms with E-state index in [9.17, 15) is 4.39 Å². The Morgan fingerprint density at radius 1 is 1.22 bits per heavy atom. The molecule has 0 amide bonds. The van der Waals surface area contributed by atoms with Crippen LogP contribution in [-0.2, 0) is 6.42 Å². The Morgan fingerprint density at radius 2 is 1.96 bits per heavy atom. The molecule has 2 aromatic carbocycles. The van der Waals surface area contributed by atoms with Crippen LogP contribution in [0.1, 0.15) is 18.9 Å². The molecule has 2 rings (SSSR count). The van der Waals surface area contributed by atoms with Gasteiger partial charge >= 0.3 is 0 Å². The van der Waals surface area contributed by atoms with Gasteiger partial charge < -0.3 is 10.6 Å². The van der Waals surface area contributed by atoms with Gasteiger partial charge in [-0.3, -0.25) is 0 Å². The fourth-order valence-corrected chi connectivity index (χ4v) is 2.68. The lowest BCUT2D eigenvalue weighted by molar-refractivity contribution is 0.498. The van der Waals surface area contributed by atoms with E-state index in [0.29, 0.717) is 16.7 Å². The van der Waals surface area contributed by atoms with Crippen LogP contribution in [0.25, 0.3) is 0 Å². The zero-order chi connectivity index (χ0) is 16.7. The van der Waals surface area contributed by atoms with Gasteiger partial charge in [0, 0.05) is 12.2 Å². The Bertz CT molecular complexity index is 649. The molecule has 0 spiro atoms. The number of halogens is 2. The van der Waals surface area contributed by atoms with Gasteiger partial charge in [0.15, 0.2) is 5.11 Å². The maximum absolute atomic E-state index is 13.1. The first-order chi connectivity index (χ1) is 11.1. The average molecular weight is 351 g/mol. The summed E-state index contributed by atoms with van der Waals surface area (Å²) < 4.78 is 13.1. The number of anilines is 1. The Kier molecular flexibility index (Phi) is 6.81. The first-order valence-corrected chi connectivity index (χ1v) is 8.41. The lowest BCUT2D eigenvalue weighted by Crippen LogP contribution is -2.33. The molecule has 122 valence electrons. The third-order valence-corrected chi connectivity index (χ3v) is 4.21. The number of hydrogen-bond acceptors (Lipinski definition) is 1. The smallest absolute Gasteiger partial charge is 0.170 e. The molecule has 1 unspecified atom stereocenters. The van der Waals surface area contributed by atoms with Crippen molar-refractivity contribution in [3.8, 4) is 0 Å². The SMILES string of the molecule is CCC(CNC(=S)Nc1ccc(F)c(Cl)c1)Cc1ccccc1. The van der Waals surface area contributed by atoms with Crippen molar-refractivity contribution in [3.05, 3.63) is 64.9 Å². The molecule has 0 saturated carbocycles. The summed E-state index contributed by atoms with van der Waals surface area (Å²) in [7, 11) is 0. The van der Waals surface area contributed by atoms with Gasteiger partial charge in [-0.25, -0.2) is 4.39 Å². The highest BCUT2D eigenvalue weighted by atomic mass is 35.5. The number of hydrogen-bond donors (Lipinski definition) is 2. The number of rotatable bonds is 6. The van der Waals surface area contributed by atoms with Crippen molar-refractivity contribution in [2.45, 2.75) is 19.8 Å². The Balaban J connectivity index is 1.83. The summed E-state index contributed by atoms with van der Waals surface area (Å²) in [5, 5.41) is 6.83. The Labute approximate surface area is 147 Å². The number of thiocarbonyl (C=S) groups is 1. The molecule has 0 radical (unpaired) electrons. The van der Waals surface area contributed by atoms with Crippen molar-refractivity contribution in [1.82, 2.24) is 5.32 Å². The third kappa shape index (κ3) is 5.81. The lowest BCUT2D eigenvalue weighted by atomic mass is 9.97. The molecule has 2 aromatic rings. The van der Waals surface area contributed by atoms with Crippen LogP contribution in [0.2, 0.25) is 5.02 Å². The van der Waals surface area contributed by atoms with E-state index in [1.54, 1.807) is 6.07 Å². The predicted octanol–water partition coefficient (Wildman–Crippen LogP) is 5.03. The molecule has 1 atom stereocenters. The Hall–Kier alpha value is -1.65. The summed E-state index contributed by atoms with van der Waals surface area (Å²) in [6.45, 7) is 2.96. The van der Waals surface area contributed by atoms with Crippen LogP contribution in [0, 0.1) is 11.7 Å². The van der Waals surface area contributed by atoms with Crippen molar-refractivity contribution in [2.24, 2.45) is 5.92 Å². The zero-order valence-electron chi connectivity index (χ0n) is 13.0. The summed E-state index contributed by atoms with van der Waals surface area (Å²) in [6.07, 6.45) is 2.07. The van der Waals surface area contributed by atoms with Crippen LogP contribution in [0.5, 0.6) is 0 Å². The van der Waals surface area contributed by atoms with Crippen molar-refractivity contribution in [2.75, 3.05) is 11.9 Å². The molecule has 2 nitrogen and oxygen atoms in total. The van der Waals surface area contributed by atoms with Crippen LogP contribution in [-0.4, -0.2) is 11.7 Å². The predicted molar refractivity (Wildman–Crippen MR) is 99.6 cm³/mol. The van der Waals surface area contributed by atoms with Crippen molar-refractivity contribution in [3.63, 3.8) is 0 Å². The largest absolute Gasteiger partial charge is 0.362 e. The summed E-state index contributed by atoms with van der Waals surface area (Å²) in [4.78, 5) is 0. The van der Waals surface area contributed by atoms with Gasteiger partial charge in [-0.05, 0) is 48.3 Å². The van der Waals surface area contributed by atoms with Crippen molar-refractivity contribution < 1.29 is 4.39 Å². The fraction of sp³-hybridized carbons (Fsp3) is 0.278. The minimum absolute atomic E-state index is 0.0771. The first kappa shape index (κ1) is 17.7.